The largest absolute Gasteiger partial charge is 0.505 e. The Balaban J connectivity index is 2.54. The van der Waals surface area contributed by atoms with Crippen molar-refractivity contribution in [3.63, 3.8) is 0 Å². The van der Waals surface area contributed by atoms with Crippen molar-refractivity contribution >= 4 is 0 Å². The lowest BCUT2D eigenvalue weighted by Gasteiger charge is -1.99. The summed E-state index contributed by atoms with van der Waals surface area (Å²) < 4.78 is 18.1. The second kappa shape index (κ2) is 3.38. The fourth-order valence-corrected chi connectivity index (χ4v) is 1.46. The highest BCUT2D eigenvalue weighted by molar-refractivity contribution is 5.62. The Morgan fingerprint density at radius 3 is 2.60 bits per heavy atom. The molecule has 2 rings (SSSR count). The molecule has 1 N–H and O–H groups in total. The normalized spacial score (nSPS) is 10.6. The van der Waals surface area contributed by atoms with Gasteiger partial charge in [0.05, 0.1) is 0 Å². The minimum atomic E-state index is -0.642. The lowest BCUT2D eigenvalue weighted by Crippen LogP contribution is -1.83. The number of benzene rings is 1. The maximum Gasteiger partial charge on any atom is 0.191 e. The molecule has 3 nitrogen and oxygen atoms in total. The summed E-state index contributed by atoms with van der Waals surface area (Å²) in [6, 6.07) is 4.09. The van der Waals surface area contributed by atoms with Crippen molar-refractivity contribution < 1.29 is 13.9 Å². The van der Waals surface area contributed by atoms with Crippen LogP contribution in [0.15, 0.2) is 22.6 Å². The van der Waals surface area contributed by atoms with Crippen molar-refractivity contribution in [3.05, 3.63) is 35.7 Å². The van der Waals surface area contributed by atoms with Gasteiger partial charge in [0.15, 0.2) is 17.5 Å². The Labute approximate surface area is 86.2 Å². The van der Waals surface area contributed by atoms with E-state index in [1.54, 1.807) is 19.9 Å². The van der Waals surface area contributed by atoms with Gasteiger partial charge in [-0.15, -0.1) is 0 Å². The van der Waals surface area contributed by atoms with E-state index in [1.807, 2.05) is 0 Å². The van der Waals surface area contributed by atoms with E-state index in [4.69, 9.17) is 4.42 Å². The molecule has 2 aromatic rings. The first-order valence-electron chi connectivity index (χ1n) is 4.51. The first-order chi connectivity index (χ1) is 7.08. The van der Waals surface area contributed by atoms with Gasteiger partial charge in [-0.2, -0.15) is 0 Å². The van der Waals surface area contributed by atoms with Gasteiger partial charge < -0.3 is 9.52 Å². The molecule has 1 aromatic heterocycles. The van der Waals surface area contributed by atoms with E-state index in [0.717, 1.165) is 0 Å². The highest BCUT2D eigenvalue weighted by atomic mass is 19.1. The first kappa shape index (κ1) is 9.71. The molecule has 1 aromatic carbocycles. The summed E-state index contributed by atoms with van der Waals surface area (Å²) in [4.78, 5) is 4.15. The number of rotatable bonds is 1. The van der Waals surface area contributed by atoms with Gasteiger partial charge in [-0.1, -0.05) is 0 Å². The van der Waals surface area contributed by atoms with E-state index in [-0.39, 0.29) is 5.75 Å². The van der Waals surface area contributed by atoms with Crippen LogP contribution in [0, 0.1) is 19.7 Å². The van der Waals surface area contributed by atoms with Crippen molar-refractivity contribution in [1.29, 1.82) is 0 Å². The zero-order valence-electron chi connectivity index (χ0n) is 8.41. The van der Waals surface area contributed by atoms with Gasteiger partial charge in [-0.3, -0.25) is 0 Å². The Kier molecular flexibility index (Phi) is 2.19. The summed E-state index contributed by atoms with van der Waals surface area (Å²) in [6.45, 7) is 3.51. The molecule has 0 unspecified atom stereocenters. The van der Waals surface area contributed by atoms with Crippen LogP contribution in [-0.4, -0.2) is 10.1 Å². The van der Waals surface area contributed by atoms with E-state index >= 15 is 0 Å². The molecular formula is C11H10FNO2. The quantitative estimate of drug-likeness (QED) is 0.782. The van der Waals surface area contributed by atoms with Crippen LogP contribution in [-0.2, 0) is 0 Å². The van der Waals surface area contributed by atoms with Gasteiger partial charge in [0, 0.05) is 12.5 Å². The summed E-state index contributed by atoms with van der Waals surface area (Å²) in [5, 5.41) is 9.23. The third kappa shape index (κ3) is 1.70. The fourth-order valence-electron chi connectivity index (χ4n) is 1.46. The number of phenolic OH excluding ortho intramolecular Hbond substituents is 1. The van der Waals surface area contributed by atoms with Crippen molar-refractivity contribution in [2.45, 2.75) is 13.8 Å². The molecule has 0 aliphatic carbocycles. The summed E-state index contributed by atoms with van der Waals surface area (Å²) in [5.74, 6) is 0.175. The van der Waals surface area contributed by atoms with Crippen LogP contribution in [0.1, 0.15) is 11.7 Å². The topological polar surface area (TPSA) is 46.3 Å². The van der Waals surface area contributed by atoms with Gasteiger partial charge in [0.25, 0.3) is 0 Å². The molecule has 0 fully saturated rings. The third-order valence-electron chi connectivity index (χ3n) is 2.12. The van der Waals surface area contributed by atoms with Gasteiger partial charge in [-0.25, -0.2) is 9.37 Å². The smallest absolute Gasteiger partial charge is 0.191 e. The van der Waals surface area contributed by atoms with Gasteiger partial charge >= 0.3 is 0 Å². The minimum absolute atomic E-state index is 0.382. The van der Waals surface area contributed by atoms with Crippen LogP contribution < -0.4 is 0 Å². The van der Waals surface area contributed by atoms with Crippen LogP contribution in [0.2, 0.25) is 0 Å². The molecule has 15 heavy (non-hydrogen) atoms. The monoisotopic (exact) mass is 207 g/mol. The molecule has 0 aliphatic heterocycles. The summed E-state index contributed by atoms with van der Waals surface area (Å²) in [6.07, 6.45) is 0. The predicted octanol–water partition coefficient (Wildman–Crippen LogP) is 2.80. The van der Waals surface area contributed by atoms with Gasteiger partial charge in [0.2, 0.25) is 0 Å². The Morgan fingerprint density at radius 2 is 2.07 bits per heavy atom. The number of aromatic nitrogens is 1. The lowest BCUT2D eigenvalue weighted by atomic mass is 10.1. The third-order valence-corrected chi connectivity index (χ3v) is 2.12. The predicted molar refractivity (Wildman–Crippen MR) is 53.0 cm³/mol. The standard InChI is InChI=1S/C11H10FNO2/c1-6-11(13-7(2)15-6)8-3-4-9(12)10(14)5-8/h3-5,14H,1-2H3. The number of hydrogen-bond donors (Lipinski definition) is 1. The molecule has 0 bridgehead atoms. The number of hydrogen-bond acceptors (Lipinski definition) is 3. The van der Waals surface area contributed by atoms with Crippen LogP contribution >= 0.6 is 0 Å². The number of halogens is 1. The zero-order chi connectivity index (χ0) is 11.0. The van der Waals surface area contributed by atoms with Crippen molar-refractivity contribution in [3.8, 4) is 17.0 Å². The molecule has 1 heterocycles. The van der Waals surface area contributed by atoms with Gasteiger partial charge in [-0.05, 0) is 25.1 Å². The Bertz CT molecular complexity index is 505. The maximum atomic E-state index is 12.8. The molecular weight excluding hydrogens is 197 g/mol. The molecule has 0 saturated heterocycles. The van der Waals surface area contributed by atoms with E-state index in [2.05, 4.69) is 4.98 Å². The lowest BCUT2D eigenvalue weighted by molar-refractivity contribution is 0.432. The number of oxazole rings is 1. The SMILES string of the molecule is Cc1nc(-c2ccc(F)c(O)c2)c(C)o1. The molecule has 0 radical (unpaired) electrons. The highest BCUT2D eigenvalue weighted by Gasteiger charge is 2.11. The van der Waals surface area contributed by atoms with Crippen molar-refractivity contribution in [2.75, 3.05) is 0 Å². The molecule has 4 heteroatoms. The summed E-state index contributed by atoms with van der Waals surface area (Å²) in [5.41, 5.74) is 1.27. The van der Waals surface area contributed by atoms with E-state index in [0.29, 0.717) is 22.9 Å². The van der Waals surface area contributed by atoms with Crippen LogP contribution in [0.3, 0.4) is 0 Å². The summed E-state index contributed by atoms with van der Waals surface area (Å²) in [7, 11) is 0. The minimum Gasteiger partial charge on any atom is -0.505 e. The molecule has 0 saturated carbocycles. The Hall–Kier alpha value is -1.84. The second-order valence-corrected chi connectivity index (χ2v) is 3.30. The molecule has 0 spiro atoms. The van der Waals surface area contributed by atoms with E-state index in [1.165, 1.54) is 12.1 Å². The molecule has 0 amide bonds. The molecule has 78 valence electrons. The van der Waals surface area contributed by atoms with Crippen LogP contribution in [0.4, 0.5) is 4.39 Å². The summed E-state index contributed by atoms with van der Waals surface area (Å²) >= 11 is 0. The van der Waals surface area contributed by atoms with Gasteiger partial charge in [0.1, 0.15) is 11.5 Å². The maximum absolute atomic E-state index is 12.8. The number of aryl methyl sites for hydroxylation is 2. The zero-order valence-corrected chi connectivity index (χ0v) is 8.41. The fraction of sp³-hybridized carbons (Fsp3) is 0.182. The van der Waals surface area contributed by atoms with Crippen molar-refractivity contribution in [2.24, 2.45) is 0 Å². The average molecular weight is 207 g/mol. The van der Waals surface area contributed by atoms with Crippen molar-refractivity contribution in [1.82, 2.24) is 4.98 Å². The molecule has 0 aliphatic rings. The van der Waals surface area contributed by atoms with E-state index in [9.17, 15) is 9.50 Å². The Morgan fingerprint density at radius 1 is 1.33 bits per heavy atom. The number of phenols is 1. The molecule has 0 atom stereocenters. The van der Waals surface area contributed by atoms with Crippen LogP contribution in [0.25, 0.3) is 11.3 Å². The second-order valence-electron chi connectivity index (χ2n) is 3.30. The highest BCUT2D eigenvalue weighted by Crippen LogP contribution is 2.27. The van der Waals surface area contributed by atoms with E-state index < -0.39 is 5.82 Å². The number of aromatic hydroxyl groups is 1. The first-order valence-corrected chi connectivity index (χ1v) is 4.51. The number of nitrogens with zero attached hydrogens (tertiary/aromatic N) is 1. The van der Waals surface area contributed by atoms with Crippen LogP contribution in [0.5, 0.6) is 5.75 Å². The average Bonchev–Trinajstić information content (AvgIpc) is 2.50.